The maximum Gasteiger partial charge on any atom is 0.0330 e. The molecule has 0 aliphatic heterocycles. The van der Waals surface area contributed by atoms with Gasteiger partial charge in [-0.05, 0) is 32.1 Å². The summed E-state index contributed by atoms with van der Waals surface area (Å²) in [7, 11) is 0. The first-order valence-corrected chi connectivity index (χ1v) is 5.63. The Balaban J connectivity index is 2.36. The Kier molecular flexibility index (Phi) is 4.44. The zero-order chi connectivity index (χ0) is 10.4. The first kappa shape index (κ1) is 11.6. The van der Waals surface area contributed by atoms with Gasteiger partial charge in [0.2, 0.25) is 0 Å². The summed E-state index contributed by atoms with van der Waals surface area (Å²) in [6.45, 7) is 5.84. The average Bonchev–Trinajstić information content (AvgIpc) is 3.03. The van der Waals surface area contributed by atoms with Crippen LogP contribution in [0.4, 0.5) is 0 Å². The molecule has 1 aliphatic carbocycles. The van der Waals surface area contributed by atoms with Crippen LogP contribution in [-0.4, -0.2) is 18.6 Å². The predicted octanol–water partition coefficient (Wildman–Crippen LogP) is 1.51. The summed E-state index contributed by atoms with van der Waals surface area (Å²) in [5.41, 5.74) is 6.08. The molecule has 3 N–H and O–H groups in total. The number of hydrogen-bond donors (Lipinski definition) is 2. The second-order valence-electron chi connectivity index (χ2n) is 4.09. The van der Waals surface area contributed by atoms with Crippen molar-refractivity contribution in [3.8, 4) is 11.8 Å². The second kappa shape index (κ2) is 5.38. The molecule has 0 spiro atoms. The molecule has 1 fully saturated rings. The highest BCUT2D eigenvalue weighted by atomic mass is 15.0. The third-order valence-electron chi connectivity index (χ3n) is 3.26. The summed E-state index contributed by atoms with van der Waals surface area (Å²) < 4.78 is 0. The highest BCUT2D eigenvalue weighted by Crippen LogP contribution is 2.40. The van der Waals surface area contributed by atoms with Crippen LogP contribution in [0.5, 0.6) is 0 Å². The van der Waals surface area contributed by atoms with Crippen molar-refractivity contribution >= 4 is 0 Å². The lowest BCUT2D eigenvalue weighted by Gasteiger charge is -2.33. The minimum atomic E-state index is 0.204. The minimum Gasteiger partial charge on any atom is -0.329 e. The number of nitrogens with two attached hydrogens (primary N) is 1. The summed E-state index contributed by atoms with van der Waals surface area (Å²) in [5.74, 6) is 6.80. The number of nitrogens with one attached hydrogen (secondary N) is 1. The van der Waals surface area contributed by atoms with Crippen LogP contribution in [0, 0.1) is 17.8 Å². The van der Waals surface area contributed by atoms with E-state index in [2.05, 4.69) is 24.1 Å². The van der Waals surface area contributed by atoms with E-state index in [0.29, 0.717) is 0 Å². The molecule has 0 heterocycles. The van der Waals surface area contributed by atoms with Gasteiger partial charge in [-0.1, -0.05) is 6.92 Å². The standard InChI is InChI=1S/C12H22N2/c1-3-5-6-9-14-12(4-2,10-13)11-7-8-11/h11,14H,4,6-10,13H2,1-2H3. The Morgan fingerprint density at radius 3 is 2.64 bits per heavy atom. The molecule has 80 valence electrons. The van der Waals surface area contributed by atoms with Gasteiger partial charge < -0.3 is 11.1 Å². The molecule has 1 saturated carbocycles. The Morgan fingerprint density at radius 2 is 2.21 bits per heavy atom. The lowest BCUT2D eigenvalue weighted by molar-refractivity contribution is 0.282. The second-order valence-corrected chi connectivity index (χ2v) is 4.09. The molecule has 0 amide bonds. The molecule has 0 aromatic carbocycles. The lowest BCUT2D eigenvalue weighted by atomic mass is 9.90. The van der Waals surface area contributed by atoms with Crippen molar-refractivity contribution in [3.05, 3.63) is 0 Å². The van der Waals surface area contributed by atoms with E-state index in [0.717, 1.165) is 31.8 Å². The van der Waals surface area contributed by atoms with E-state index in [9.17, 15) is 0 Å². The van der Waals surface area contributed by atoms with E-state index >= 15 is 0 Å². The van der Waals surface area contributed by atoms with E-state index < -0.39 is 0 Å². The largest absolute Gasteiger partial charge is 0.329 e. The molecule has 1 atom stereocenters. The maximum atomic E-state index is 5.88. The number of hydrogen-bond acceptors (Lipinski definition) is 2. The van der Waals surface area contributed by atoms with Crippen molar-refractivity contribution in [1.29, 1.82) is 0 Å². The Labute approximate surface area is 87.6 Å². The van der Waals surface area contributed by atoms with Gasteiger partial charge in [0.25, 0.3) is 0 Å². The minimum absolute atomic E-state index is 0.204. The van der Waals surface area contributed by atoms with Gasteiger partial charge in [0, 0.05) is 25.0 Å². The molecule has 0 saturated heterocycles. The van der Waals surface area contributed by atoms with E-state index in [-0.39, 0.29) is 5.54 Å². The molecule has 1 unspecified atom stereocenters. The van der Waals surface area contributed by atoms with Crippen molar-refractivity contribution in [2.24, 2.45) is 11.7 Å². The quantitative estimate of drug-likeness (QED) is 0.497. The number of rotatable bonds is 6. The van der Waals surface area contributed by atoms with E-state index in [1.807, 2.05) is 6.92 Å². The van der Waals surface area contributed by atoms with Crippen molar-refractivity contribution in [2.75, 3.05) is 13.1 Å². The molecule has 1 aliphatic rings. The fraction of sp³-hybridized carbons (Fsp3) is 0.833. The molecule has 0 radical (unpaired) electrons. The summed E-state index contributed by atoms with van der Waals surface area (Å²) in [4.78, 5) is 0. The van der Waals surface area contributed by atoms with Gasteiger partial charge in [0.05, 0.1) is 0 Å². The fourth-order valence-corrected chi connectivity index (χ4v) is 2.08. The van der Waals surface area contributed by atoms with Crippen molar-refractivity contribution in [3.63, 3.8) is 0 Å². The molecule has 2 nitrogen and oxygen atoms in total. The topological polar surface area (TPSA) is 38.0 Å². The van der Waals surface area contributed by atoms with Crippen LogP contribution in [0.2, 0.25) is 0 Å². The SMILES string of the molecule is CC#CCCNC(CC)(CN)C1CC1. The van der Waals surface area contributed by atoms with Gasteiger partial charge in [-0.3, -0.25) is 0 Å². The van der Waals surface area contributed by atoms with Gasteiger partial charge in [-0.2, -0.15) is 0 Å². The van der Waals surface area contributed by atoms with Gasteiger partial charge in [-0.25, -0.2) is 0 Å². The monoisotopic (exact) mass is 194 g/mol. The Morgan fingerprint density at radius 1 is 1.50 bits per heavy atom. The fourth-order valence-electron chi connectivity index (χ4n) is 2.08. The lowest BCUT2D eigenvalue weighted by Crippen LogP contribution is -2.53. The smallest absolute Gasteiger partial charge is 0.0330 e. The summed E-state index contributed by atoms with van der Waals surface area (Å²) in [6, 6.07) is 0. The van der Waals surface area contributed by atoms with Crippen molar-refractivity contribution < 1.29 is 0 Å². The molecular weight excluding hydrogens is 172 g/mol. The molecule has 1 rings (SSSR count). The molecule has 0 aromatic rings. The van der Waals surface area contributed by atoms with Gasteiger partial charge in [-0.15, -0.1) is 11.8 Å². The molecular formula is C12H22N2. The highest BCUT2D eigenvalue weighted by Gasteiger charge is 2.42. The van der Waals surface area contributed by atoms with Crippen LogP contribution < -0.4 is 11.1 Å². The molecule has 0 bridgehead atoms. The average molecular weight is 194 g/mol. The Bertz CT molecular complexity index is 216. The van der Waals surface area contributed by atoms with Crippen LogP contribution in [0.1, 0.15) is 39.5 Å². The van der Waals surface area contributed by atoms with Crippen molar-refractivity contribution in [1.82, 2.24) is 5.32 Å². The highest BCUT2D eigenvalue weighted by molar-refractivity contribution is 5.02. The van der Waals surface area contributed by atoms with Crippen molar-refractivity contribution in [2.45, 2.75) is 45.1 Å². The third kappa shape index (κ3) is 2.73. The van der Waals surface area contributed by atoms with Gasteiger partial charge in [0.15, 0.2) is 0 Å². The van der Waals surface area contributed by atoms with Crippen LogP contribution in [0.15, 0.2) is 0 Å². The molecule has 2 heteroatoms. The van der Waals surface area contributed by atoms with E-state index in [1.54, 1.807) is 0 Å². The van der Waals surface area contributed by atoms with Crippen LogP contribution in [0.25, 0.3) is 0 Å². The zero-order valence-corrected chi connectivity index (χ0v) is 9.40. The first-order chi connectivity index (χ1) is 6.79. The first-order valence-electron chi connectivity index (χ1n) is 5.63. The summed E-state index contributed by atoms with van der Waals surface area (Å²) in [5, 5.41) is 3.60. The van der Waals surface area contributed by atoms with Crippen LogP contribution >= 0.6 is 0 Å². The normalized spacial score (nSPS) is 19.6. The van der Waals surface area contributed by atoms with E-state index in [1.165, 1.54) is 12.8 Å². The van der Waals surface area contributed by atoms with Crippen LogP contribution in [0.3, 0.4) is 0 Å². The maximum absolute atomic E-state index is 5.88. The van der Waals surface area contributed by atoms with Gasteiger partial charge in [0.1, 0.15) is 0 Å². The predicted molar refractivity (Wildman–Crippen MR) is 60.9 cm³/mol. The molecule has 14 heavy (non-hydrogen) atoms. The Hall–Kier alpha value is -0.520. The van der Waals surface area contributed by atoms with Gasteiger partial charge >= 0.3 is 0 Å². The zero-order valence-electron chi connectivity index (χ0n) is 9.40. The molecule has 0 aromatic heterocycles. The summed E-state index contributed by atoms with van der Waals surface area (Å²) in [6.07, 6.45) is 4.76. The van der Waals surface area contributed by atoms with Crippen LogP contribution in [-0.2, 0) is 0 Å². The third-order valence-corrected chi connectivity index (χ3v) is 3.26. The van der Waals surface area contributed by atoms with E-state index in [4.69, 9.17) is 5.73 Å². The summed E-state index contributed by atoms with van der Waals surface area (Å²) >= 11 is 0.